The third kappa shape index (κ3) is 2.32. The largest absolute Gasteiger partial charge is 0.497 e. The van der Waals surface area contributed by atoms with E-state index in [0.717, 1.165) is 32.6 Å². The number of thiazole rings is 1. The molecule has 0 saturated carbocycles. The van der Waals surface area contributed by atoms with Crippen molar-refractivity contribution in [2.75, 3.05) is 14.2 Å². The summed E-state index contributed by atoms with van der Waals surface area (Å²) in [6, 6.07) is 5.71. The lowest BCUT2D eigenvalue weighted by Crippen LogP contribution is -1.98. The standard InChI is InChI=1S/C13H16N2O2S/c1-8-11(7-14)15-13(18-8)10-5-4-9(16-2)6-12(10)17-3/h4-6H,7,14H2,1-3H3. The number of nitrogens with zero attached hydrogens (tertiary/aromatic N) is 1. The van der Waals surface area contributed by atoms with Crippen LogP contribution in [-0.2, 0) is 6.54 Å². The highest BCUT2D eigenvalue weighted by molar-refractivity contribution is 7.15. The normalized spacial score (nSPS) is 10.4. The number of benzene rings is 1. The van der Waals surface area contributed by atoms with E-state index in [0.29, 0.717) is 6.54 Å². The highest BCUT2D eigenvalue weighted by Gasteiger charge is 2.13. The van der Waals surface area contributed by atoms with Gasteiger partial charge in [0.1, 0.15) is 16.5 Å². The van der Waals surface area contributed by atoms with E-state index in [1.807, 2.05) is 25.1 Å². The van der Waals surface area contributed by atoms with Crippen molar-refractivity contribution in [3.63, 3.8) is 0 Å². The van der Waals surface area contributed by atoms with Crippen LogP contribution in [0, 0.1) is 6.92 Å². The van der Waals surface area contributed by atoms with Gasteiger partial charge in [0.15, 0.2) is 0 Å². The van der Waals surface area contributed by atoms with Crippen LogP contribution in [0.5, 0.6) is 11.5 Å². The summed E-state index contributed by atoms with van der Waals surface area (Å²) in [5.74, 6) is 1.52. The zero-order valence-corrected chi connectivity index (χ0v) is 11.5. The first kappa shape index (κ1) is 12.9. The molecular formula is C13H16N2O2S. The van der Waals surface area contributed by atoms with E-state index in [-0.39, 0.29) is 0 Å². The second-order valence-electron chi connectivity index (χ2n) is 3.79. The van der Waals surface area contributed by atoms with Gasteiger partial charge in [-0.05, 0) is 19.1 Å². The van der Waals surface area contributed by atoms with E-state index in [2.05, 4.69) is 4.98 Å². The Bertz CT molecular complexity index is 552. The number of hydrogen-bond acceptors (Lipinski definition) is 5. The van der Waals surface area contributed by atoms with Gasteiger partial charge < -0.3 is 15.2 Å². The lowest BCUT2D eigenvalue weighted by atomic mass is 10.2. The van der Waals surface area contributed by atoms with E-state index in [1.165, 1.54) is 0 Å². The number of aryl methyl sites for hydroxylation is 1. The maximum Gasteiger partial charge on any atom is 0.132 e. The summed E-state index contributed by atoms with van der Waals surface area (Å²) in [7, 11) is 3.27. The fraction of sp³-hybridized carbons (Fsp3) is 0.308. The number of nitrogens with two attached hydrogens (primary N) is 1. The van der Waals surface area contributed by atoms with Gasteiger partial charge in [-0.1, -0.05) is 0 Å². The molecule has 0 aliphatic rings. The summed E-state index contributed by atoms with van der Waals surface area (Å²) in [4.78, 5) is 5.68. The average molecular weight is 264 g/mol. The molecule has 2 rings (SSSR count). The summed E-state index contributed by atoms with van der Waals surface area (Å²) in [5.41, 5.74) is 7.55. The van der Waals surface area contributed by atoms with Gasteiger partial charge in [-0.2, -0.15) is 0 Å². The molecule has 1 aromatic carbocycles. The van der Waals surface area contributed by atoms with Crippen molar-refractivity contribution in [1.82, 2.24) is 4.98 Å². The molecule has 0 saturated heterocycles. The zero-order chi connectivity index (χ0) is 13.1. The molecule has 0 radical (unpaired) electrons. The van der Waals surface area contributed by atoms with Crippen molar-refractivity contribution in [1.29, 1.82) is 0 Å². The minimum absolute atomic E-state index is 0.459. The van der Waals surface area contributed by atoms with E-state index < -0.39 is 0 Å². The molecule has 0 bridgehead atoms. The third-order valence-corrected chi connectivity index (χ3v) is 3.77. The van der Waals surface area contributed by atoms with Gasteiger partial charge in [0.25, 0.3) is 0 Å². The summed E-state index contributed by atoms with van der Waals surface area (Å²) < 4.78 is 10.6. The van der Waals surface area contributed by atoms with Crippen LogP contribution in [0.3, 0.4) is 0 Å². The van der Waals surface area contributed by atoms with Crippen LogP contribution in [0.25, 0.3) is 10.6 Å². The minimum Gasteiger partial charge on any atom is -0.497 e. The molecule has 4 nitrogen and oxygen atoms in total. The van der Waals surface area contributed by atoms with Gasteiger partial charge in [0.2, 0.25) is 0 Å². The van der Waals surface area contributed by atoms with Crippen LogP contribution in [0.15, 0.2) is 18.2 Å². The van der Waals surface area contributed by atoms with Crippen molar-refractivity contribution < 1.29 is 9.47 Å². The van der Waals surface area contributed by atoms with Gasteiger partial charge in [-0.3, -0.25) is 0 Å². The molecule has 2 aromatic rings. The topological polar surface area (TPSA) is 57.4 Å². The van der Waals surface area contributed by atoms with Gasteiger partial charge in [0.05, 0.1) is 25.5 Å². The van der Waals surface area contributed by atoms with E-state index in [1.54, 1.807) is 25.6 Å². The molecule has 5 heteroatoms. The molecule has 18 heavy (non-hydrogen) atoms. The molecule has 1 aromatic heterocycles. The Morgan fingerprint density at radius 3 is 2.61 bits per heavy atom. The molecule has 0 atom stereocenters. The number of hydrogen-bond donors (Lipinski definition) is 1. The van der Waals surface area contributed by atoms with E-state index >= 15 is 0 Å². The zero-order valence-electron chi connectivity index (χ0n) is 10.7. The fourth-order valence-corrected chi connectivity index (χ4v) is 2.68. The smallest absolute Gasteiger partial charge is 0.132 e. The number of aromatic nitrogens is 1. The first-order valence-electron chi connectivity index (χ1n) is 5.58. The van der Waals surface area contributed by atoms with Crippen LogP contribution >= 0.6 is 11.3 Å². The maximum absolute atomic E-state index is 5.65. The molecule has 1 heterocycles. The maximum atomic E-state index is 5.65. The number of rotatable bonds is 4. The van der Waals surface area contributed by atoms with Crippen molar-refractivity contribution in [2.45, 2.75) is 13.5 Å². The molecule has 0 amide bonds. The summed E-state index contributed by atoms with van der Waals surface area (Å²) in [6.45, 7) is 2.49. The van der Waals surface area contributed by atoms with Crippen molar-refractivity contribution >= 4 is 11.3 Å². The Kier molecular flexibility index (Phi) is 3.84. The Morgan fingerprint density at radius 1 is 1.28 bits per heavy atom. The van der Waals surface area contributed by atoms with Gasteiger partial charge in [-0.25, -0.2) is 4.98 Å². The molecule has 2 N–H and O–H groups in total. The van der Waals surface area contributed by atoms with Crippen LogP contribution in [0.4, 0.5) is 0 Å². The van der Waals surface area contributed by atoms with Gasteiger partial charge in [0, 0.05) is 17.5 Å². The molecular weight excluding hydrogens is 248 g/mol. The summed E-state index contributed by atoms with van der Waals surface area (Å²) in [6.07, 6.45) is 0. The van der Waals surface area contributed by atoms with E-state index in [4.69, 9.17) is 15.2 Å². The van der Waals surface area contributed by atoms with Gasteiger partial charge >= 0.3 is 0 Å². The first-order valence-corrected chi connectivity index (χ1v) is 6.40. The highest BCUT2D eigenvalue weighted by atomic mass is 32.1. The van der Waals surface area contributed by atoms with Crippen molar-refractivity contribution in [2.24, 2.45) is 5.73 Å². The second-order valence-corrected chi connectivity index (χ2v) is 5.00. The highest BCUT2D eigenvalue weighted by Crippen LogP contribution is 2.36. The Morgan fingerprint density at radius 2 is 2.06 bits per heavy atom. The number of ether oxygens (including phenoxy) is 2. The van der Waals surface area contributed by atoms with Crippen LogP contribution in [0.2, 0.25) is 0 Å². The fourth-order valence-electron chi connectivity index (χ4n) is 1.71. The van der Waals surface area contributed by atoms with Crippen LogP contribution in [-0.4, -0.2) is 19.2 Å². The Hall–Kier alpha value is -1.59. The third-order valence-electron chi connectivity index (χ3n) is 2.73. The summed E-state index contributed by atoms with van der Waals surface area (Å²) >= 11 is 1.62. The first-order chi connectivity index (χ1) is 8.69. The molecule has 0 fully saturated rings. The number of methoxy groups -OCH3 is 2. The SMILES string of the molecule is COc1ccc(-c2nc(CN)c(C)s2)c(OC)c1. The molecule has 96 valence electrons. The minimum atomic E-state index is 0.459. The quantitative estimate of drug-likeness (QED) is 0.922. The Labute approximate surface area is 110 Å². The van der Waals surface area contributed by atoms with E-state index in [9.17, 15) is 0 Å². The molecule has 0 aliphatic carbocycles. The Balaban J connectivity index is 2.48. The summed E-state index contributed by atoms with van der Waals surface area (Å²) in [5, 5.41) is 0.924. The molecule has 0 unspecified atom stereocenters. The molecule has 0 aliphatic heterocycles. The van der Waals surface area contributed by atoms with Crippen molar-refractivity contribution in [3.8, 4) is 22.1 Å². The second kappa shape index (κ2) is 5.37. The van der Waals surface area contributed by atoms with Crippen LogP contribution < -0.4 is 15.2 Å². The van der Waals surface area contributed by atoms with Gasteiger partial charge in [-0.15, -0.1) is 11.3 Å². The molecule has 0 spiro atoms. The van der Waals surface area contributed by atoms with Crippen molar-refractivity contribution in [3.05, 3.63) is 28.8 Å². The predicted molar refractivity (Wildman–Crippen MR) is 73.3 cm³/mol. The lowest BCUT2D eigenvalue weighted by molar-refractivity contribution is 0.395. The van der Waals surface area contributed by atoms with Crippen LogP contribution in [0.1, 0.15) is 10.6 Å². The lowest BCUT2D eigenvalue weighted by Gasteiger charge is -2.08. The predicted octanol–water partition coefficient (Wildman–Crippen LogP) is 2.59. The average Bonchev–Trinajstić information content (AvgIpc) is 2.79. The monoisotopic (exact) mass is 264 g/mol.